The van der Waals surface area contributed by atoms with E-state index in [1.54, 1.807) is 0 Å². The van der Waals surface area contributed by atoms with E-state index in [2.05, 4.69) is 54.5 Å². The van der Waals surface area contributed by atoms with E-state index in [9.17, 15) is 50.8 Å². The van der Waals surface area contributed by atoms with E-state index in [1.807, 2.05) is 12.1 Å². The van der Waals surface area contributed by atoms with Gasteiger partial charge in [-0.1, -0.05) is 67.9 Å². The van der Waals surface area contributed by atoms with Crippen LogP contribution >= 0.6 is 0 Å². The zero-order valence-corrected chi connectivity index (χ0v) is 35.2. The second-order valence-corrected chi connectivity index (χ2v) is 15.7. The van der Waals surface area contributed by atoms with E-state index in [0.29, 0.717) is 19.3 Å². The van der Waals surface area contributed by atoms with Crippen molar-refractivity contribution >= 4 is 5.97 Å². The van der Waals surface area contributed by atoms with E-state index < -0.39 is 92.8 Å². The number of carbonyl (C=O) groups excluding carboxylic acids is 1. The third kappa shape index (κ3) is 18.6. The van der Waals surface area contributed by atoms with E-state index in [-0.39, 0.29) is 6.42 Å². The number of aryl methyl sites for hydroxylation is 1. The third-order valence-corrected chi connectivity index (χ3v) is 10.6. The monoisotopic (exact) mass is 862 g/mol. The summed E-state index contributed by atoms with van der Waals surface area (Å²) in [5, 5.41) is 91.8. The summed E-state index contributed by atoms with van der Waals surface area (Å²) in [7, 11) is 0. The van der Waals surface area contributed by atoms with Crippen LogP contribution in [0.2, 0.25) is 0 Å². The molecule has 1 aromatic rings. The normalized spacial score (nSPS) is 28.1. The second kappa shape index (κ2) is 29.2. The summed E-state index contributed by atoms with van der Waals surface area (Å²) in [5.41, 5.74) is 0. The van der Waals surface area contributed by atoms with Gasteiger partial charge in [-0.3, -0.25) is 4.79 Å². The smallest absolute Gasteiger partial charge is 0.308 e. The minimum absolute atomic E-state index is 0.121. The molecule has 6 unspecified atom stereocenters. The topological polar surface area (TPSA) is 249 Å². The van der Waals surface area contributed by atoms with Crippen molar-refractivity contribution in [3.05, 3.63) is 72.3 Å². The van der Waals surface area contributed by atoms with Gasteiger partial charge in [0.1, 0.15) is 48.6 Å². The molecule has 0 saturated carbocycles. The lowest BCUT2D eigenvalue weighted by Crippen LogP contribution is -2.63. The number of carbonyl (C=O) groups is 1. The zero-order valence-electron chi connectivity index (χ0n) is 35.2. The molecule has 0 aromatic carbocycles. The van der Waals surface area contributed by atoms with Crippen LogP contribution in [0.3, 0.4) is 0 Å². The Morgan fingerprint density at radius 3 is 2.15 bits per heavy atom. The summed E-state index contributed by atoms with van der Waals surface area (Å²) in [6.07, 6.45) is 20.2. The Morgan fingerprint density at radius 2 is 1.44 bits per heavy atom. The molecule has 0 spiro atoms. The maximum Gasteiger partial charge on any atom is 0.308 e. The molecule has 3 rings (SSSR count). The average molecular weight is 863 g/mol. The van der Waals surface area contributed by atoms with E-state index in [1.165, 1.54) is 19.3 Å². The number of terminal acetylenes is 1. The molecule has 1 aromatic heterocycles. The Balaban J connectivity index is 1.21. The van der Waals surface area contributed by atoms with Crippen molar-refractivity contribution < 1.29 is 74.1 Å². The van der Waals surface area contributed by atoms with Gasteiger partial charge >= 0.3 is 5.97 Å². The maximum absolute atomic E-state index is 12.5. The fourth-order valence-electron chi connectivity index (χ4n) is 7.05. The third-order valence-electron chi connectivity index (χ3n) is 10.6. The molecule has 15 heteroatoms. The summed E-state index contributed by atoms with van der Waals surface area (Å²) >= 11 is 0. The van der Waals surface area contributed by atoms with Crippen molar-refractivity contribution in [2.75, 3.05) is 13.2 Å². The maximum atomic E-state index is 12.5. The minimum Gasteiger partial charge on any atom is -0.466 e. The molecule has 61 heavy (non-hydrogen) atoms. The quantitative estimate of drug-likeness (QED) is 0.0233. The number of esters is 1. The summed E-state index contributed by atoms with van der Waals surface area (Å²) < 4.78 is 26.7. The molecule has 0 bridgehead atoms. The van der Waals surface area contributed by atoms with Crippen molar-refractivity contribution in [2.24, 2.45) is 0 Å². The summed E-state index contributed by atoms with van der Waals surface area (Å²) in [4.78, 5) is 12.5. The molecule has 15 nitrogen and oxygen atoms in total. The molecular formula is C46H70O15. The summed E-state index contributed by atoms with van der Waals surface area (Å²) in [6.45, 7) is -1.81. The first-order chi connectivity index (χ1) is 29.4. The lowest BCUT2D eigenvalue weighted by atomic mass is 10.0. The highest BCUT2D eigenvalue weighted by atomic mass is 16.8. The lowest BCUT2D eigenvalue weighted by Gasteiger charge is -2.43. The Morgan fingerprint density at radius 1 is 0.787 bits per heavy atom. The highest BCUT2D eigenvalue weighted by Crippen LogP contribution is 2.36. The molecule has 9 N–H and O–H groups in total. The first kappa shape index (κ1) is 52.1. The minimum atomic E-state index is -2.38. The Bertz CT molecular complexity index is 1520. The Labute approximate surface area is 360 Å². The number of furan rings is 1. The number of rotatable bonds is 30. The highest BCUT2D eigenvalue weighted by Gasteiger charge is 2.58. The van der Waals surface area contributed by atoms with Crippen LogP contribution in [0.5, 0.6) is 0 Å². The molecule has 0 amide bonds. The predicted molar refractivity (Wildman–Crippen MR) is 225 cm³/mol. The van der Waals surface area contributed by atoms with Gasteiger partial charge in [-0.2, -0.15) is 0 Å². The fraction of sp³-hybridized carbons (Fsp3) is 0.674. The van der Waals surface area contributed by atoms with Crippen LogP contribution in [0.25, 0.3) is 0 Å². The van der Waals surface area contributed by atoms with Crippen LogP contribution in [0, 0.1) is 12.3 Å². The number of aliphatic hydroxyl groups excluding tert-OH is 9. The van der Waals surface area contributed by atoms with E-state index in [4.69, 9.17) is 29.8 Å². The van der Waals surface area contributed by atoms with Gasteiger partial charge < -0.3 is 69.3 Å². The van der Waals surface area contributed by atoms with Gasteiger partial charge in [-0.25, -0.2) is 0 Å². The largest absolute Gasteiger partial charge is 0.466 e. The number of allylic oxidation sites excluding steroid dienone is 8. The number of ether oxygens (including phenoxy) is 4. The first-order valence-electron chi connectivity index (χ1n) is 21.7. The number of hydrogen-bond acceptors (Lipinski definition) is 15. The van der Waals surface area contributed by atoms with Gasteiger partial charge in [0.2, 0.25) is 5.79 Å². The Kier molecular flexibility index (Phi) is 25.0. The Hall–Kier alpha value is -3.21. The van der Waals surface area contributed by atoms with Crippen LogP contribution in [-0.4, -0.2) is 132 Å². The van der Waals surface area contributed by atoms with Gasteiger partial charge in [0.25, 0.3) is 0 Å². The molecule has 11 atom stereocenters. The van der Waals surface area contributed by atoms with Gasteiger partial charge in [-0.15, -0.1) is 12.3 Å². The van der Waals surface area contributed by atoms with Crippen molar-refractivity contribution in [3.63, 3.8) is 0 Å². The lowest BCUT2D eigenvalue weighted by molar-refractivity contribution is -0.402. The van der Waals surface area contributed by atoms with Crippen LogP contribution in [0.4, 0.5) is 0 Å². The molecule has 344 valence electrons. The van der Waals surface area contributed by atoms with Crippen LogP contribution in [0.15, 0.2) is 65.2 Å². The summed E-state index contributed by atoms with van der Waals surface area (Å²) in [5.74, 6) is 1.11. The molecule has 2 aliphatic heterocycles. The average Bonchev–Trinajstić information content (AvgIpc) is 3.79. The molecule has 0 aliphatic carbocycles. The van der Waals surface area contributed by atoms with Crippen molar-refractivity contribution in [1.29, 1.82) is 0 Å². The number of unbranched alkanes of at least 4 members (excludes halogenated alkanes) is 8. The van der Waals surface area contributed by atoms with Gasteiger partial charge in [0, 0.05) is 19.3 Å². The molecule has 2 fully saturated rings. The molecular weight excluding hydrogens is 792 g/mol. The fourth-order valence-corrected chi connectivity index (χ4v) is 7.05. The molecule has 2 aliphatic rings. The zero-order chi connectivity index (χ0) is 44.5. The van der Waals surface area contributed by atoms with Crippen molar-refractivity contribution in [2.45, 2.75) is 183 Å². The highest BCUT2D eigenvalue weighted by molar-refractivity contribution is 5.70. The van der Waals surface area contributed by atoms with Crippen LogP contribution in [0.1, 0.15) is 114 Å². The van der Waals surface area contributed by atoms with E-state index in [0.717, 1.165) is 75.7 Å². The summed E-state index contributed by atoms with van der Waals surface area (Å²) in [6, 6.07) is 4.01. The van der Waals surface area contributed by atoms with Crippen molar-refractivity contribution in [3.8, 4) is 12.3 Å². The number of hydrogen-bond donors (Lipinski definition) is 9. The molecule has 2 saturated heterocycles. The molecule has 0 radical (unpaired) electrons. The van der Waals surface area contributed by atoms with Crippen LogP contribution in [-0.2, 0) is 36.6 Å². The van der Waals surface area contributed by atoms with Crippen molar-refractivity contribution in [1.82, 2.24) is 0 Å². The second-order valence-electron chi connectivity index (χ2n) is 15.7. The van der Waals surface area contributed by atoms with Crippen LogP contribution < -0.4 is 0 Å². The SMILES string of the molecule is C#CCCCCCC/C=C/CC/C=C/C/C=C/CCc1ccc(C/C=C/CCCCC(O)CC(O)CC(=O)O[C@H]2C(O)O[C@H](O[C@]3(CO)O[C@H](CO)C(O)[C@H]3O)C(O)C2O)o1. The predicted octanol–water partition coefficient (Wildman–Crippen LogP) is 3.31. The molecule has 3 heterocycles. The first-order valence-corrected chi connectivity index (χ1v) is 21.7. The van der Waals surface area contributed by atoms with Gasteiger partial charge in [0.05, 0.1) is 25.2 Å². The number of aliphatic hydroxyl groups is 9. The van der Waals surface area contributed by atoms with E-state index >= 15 is 0 Å². The standard InChI is InChI=1S/C46H70O15/c1-2-3-4-5-6-7-8-9-10-11-12-13-14-15-16-19-22-25-35-27-28-36(57-35)26-23-20-17-18-21-24-33(49)29-34(50)30-38(51)58-42-40(53)41(54)45(59-44(42)56)61-46(32-48)43(55)39(52)37(31-47)60-46/h1,9-10,13-14,16,19-20,23,27-28,33-34,37,39-45,47-50,52-56H,3-8,11-12,15,17-18,21-22,24-26,29-32H2/b10-9+,14-13+,19-16+,23-20+/t33?,34?,37-,39?,40?,41?,42-,43-,44?,45-,46+/m1/s1. The van der Waals surface area contributed by atoms with Gasteiger partial charge in [0.15, 0.2) is 18.7 Å². The van der Waals surface area contributed by atoms with Gasteiger partial charge in [-0.05, 0) is 82.8 Å².